The Balaban J connectivity index is 0. The molecule has 0 amide bonds. The molecular formula is C9H15ClO2S. The van der Waals surface area contributed by atoms with Gasteiger partial charge in [0.2, 0.25) is 0 Å². The molecular weight excluding hydrogens is 208 g/mol. The van der Waals surface area contributed by atoms with Gasteiger partial charge in [-0.15, -0.1) is 0 Å². The van der Waals surface area contributed by atoms with Crippen LogP contribution in [0.5, 0.6) is 0 Å². The van der Waals surface area contributed by atoms with Gasteiger partial charge in [-0.25, -0.2) is 8.42 Å². The van der Waals surface area contributed by atoms with Gasteiger partial charge in [-0.2, -0.15) is 0 Å². The molecule has 0 saturated heterocycles. The number of aryl methyl sites for hydroxylation is 1. The minimum Gasteiger partial charge on any atom is -0.207 e. The van der Waals surface area contributed by atoms with Gasteiger partial charge < -0.3 is 0 Å². The van der Waals surface area contributed by atoms with Crippen LogP contribution < -0.4 is 0 Å². The first-order chi connectivity index (χ1) is 5.00. The summed E-state index contributed by atoms with van der Waals surface area (Å²) in [5.74, 6) is 0. The first kappa shape index (κ1) is 15.0. The van der Waals surface area contributed by atoms with Crippen LogP contribution in [-0.4, -0.2) is 8.42 Å². The SMILES string of the molecule is C.C.Cc1ccc(S(=O)(=O)Cl)cc1. The second kappa shape index (κ2) is 5.25. The summed E-state index contributed by atoms with van der Waals surface area (Å²) in [6.07, 6.45) is 0. The zero-order valence-corrected chi connectivity index (χ0v) is 7.48. The zero-order chi connectivity index (χ0) is 8.48. The summed E-state index contributed by atoms with van der Waals surface area (Å²) in [6, 6.07) is 6.37. The van der Waals surface area contributed by atoms with Gasteiger partial charge in [-0.05, 0) is 19.1 Å². The molecule has 13 heavy (non-hydrogen) atoms. The molecule has 1 aromatic carbocycles. The van der Waals surface area contributed by atoms with Crippen LogP contribution in [0.3, 0.4) is 0 Å². The fourth-order valence-corrected chi connectivity index (χ4v) is 1.47. The number of halogens is 1. The van der Waals surface area contributed by atoms with Crippen LogP contribution >= 0.6 is 10.7 Å². The van der Waals surface area contributed by atoms with Crippen molar-refractivity contribution in [3.05, 3.63) is 29.8 Å². The Morgan fingerprint density at radius 2 is 1.46 bits per heavy atom. The molecule has 0 radical (unpaired) electrons. The topological polar surface area (TPSA) is 34.1 Å². The number of benzene rings is 1. The van der Waals surface area contributed by atoms with Crippen molar-refractivity contribution in [2.24, 2.45) is 0 Å². The van der Waals surface area contributed by atoms with E-state index in [2.05, 4.69) is 0 Å². The third kappa shape index (κ3) is 4.29. The van der Waals surface area contributed by atoms with Crippen LogP contribution in [0, 0.1) is 6.92 Å². The van der Waals surface area contributed by atoms with Gasteiger partial charge in [0.05, 0.1) is 4.90 Å². The average molecular weight is 223 g/mol. The van der Waals surface area contributed by atoms with Crippen molar-refractivity contribution in [3.8, 4) is 0 Å². The fourth-order valence-electron chi connectivity index (χ4n) is 0.701. The summed E-state index contributed by atoms with van der Waals surface area (Å²) in [5.41, 5.74) is 1.01. The van der Waals surface area contributed by atoms with Crippen LogP contribution in [0.1, 0.15) is 20.4 Å². The summed E-state index contributed by atoms with van der Waals surface area (Å²) in [7, 11) is 1.54. The highest BCUT2D eigenvalue weighted by molar-refractivity contribution is 8.13. The van der Waals surface area contributed by atoms with Gasteiger partial charge in [0.25, 0.3) is 9.05 Å². The van der Waals surface area contributed by atoms with Crippen LogP contribution in [-0.2, 0) is 9.05 Å². The van der Waals surface area contributed by atoms with Gasteiger partial charge in [0.1, 0.15) is 0 Å². The van der Waals surface area contributed by atoms with E-state index >= 15 is 0 Å². The number of rotatable bonds is 1. The summed E-state index contributed by atoms with van der Waals surface area (Å²) < 4.78 is 21.4. The van der Waals surface area contributed by atoms with Crippen molar-refractivity contribution in [2.75, 3.05) is 0 Å². The molecule has 0 spiro atoms. The van der Waals surface area contributed by atoms with E-state index in [0.29, 0.717) is 0 Å². The predicted octanol–water partition coefficient (Wildman–Crippen LogP) is 3.19. The van der Waals surface area contributed by atoms with E-state index in [1.165, 1.54) is 12.1 Å². The van der Waals surface area contributed by atoms with Gasteiger partial charge in [-0.3, -0.25) is 0 Å². The number of hydrogen-bond acceptors (Lipinski definition) is 2. The standard InChI is InChI=1S/C7H7ClO2S.2CH4/c1-6-2-4-7(5-3-6)11(8,9)10;;/h2-5H,1H3;2*1H4. The minimum atomic E-state index is -3.55. The highest BCUT2D eigenvalue weighted by atomic mass is 35.7. The number of hydrogen-bond donors (Lipinski definition) is 0. The first-order valence-electron chi connectivity index (χ1n) is 3.01. The van der Waals surface area contributed by atoms with E-state index in [1.807, 2.05) is 6.92 Å². The third-order valence-electron chi connectivity index (χ3n) is 1.30. The normalized spacial score (nSPS) is 9.69. The van der Waals surface area contributed by atoms with E-state index in [1.54, 1.807) is 12.1 Å². The fraction of sp³-hybridized carbons (Fsp3) is 0.333. The van der Waals surface area contributed by atoms with Crippen molar-refractivity contribution in [3.63, 3.8) is 0 Å². The highest BCUT2D eigenvalue weighted by Gasteiger charge is 2.07. The zero-order valence-electron chi connectivity index (χ0n) is 5.91. The van der Waals surface area contributed by atoms with Crippen LogP contribution in [0.4, 0.5) is 0 Å². The molecule has 0 aliphatic rings. The second-order valence-electron chi connectivity index (χ2n) is 2.25. The van der Waals surface area contributed by atoms with E-state index in [0.717, 1.165) is 5.56 Å². The van der Waals surface area contributed by atoms with E-state index in [9.17, 15) is 8.42 Å². The molecule has 0 unspecified atom stereocenters. The summed E-state index contributed by atoms with van der Waals surface area (Å²) in [4.78, 5) is 0.143. The Morgan fingerprint density at radius 3 is 1.77 bits per heavy atom. The molecule has 76 valence electrons. The largest absolute Gasteiger partial charge is 0.261 e. The third-order valence-corrected chi connectivity index (χ3v) is 2.67. The van der Waals surface area contributed by atoms with Crippen molar-refractivity contribution in [1.29, 1.82) is 0 Å². The maximum atomic E-state index is 10.7. The van der Waals surface area contributed by atoms with E-state index < -0.39 is 9.05 Å². The molecule has 1 aromatic rings. The molecule has 0 atom stereocenters. The van der Waals surface area contributed by atoms with Crippen LogP contribution in [0.2, 0.25) is 0 Å². The van der Waals surface area contributed by atoms with Gasteiger partial charge in [0, 0.05) is 10.7 Å². The first-order valence-corrected chi connectivity index (χ1v) is 5.32. The van der Waals surface area contributed by atoms with Crippen molar-refractivity contribution in [1.82, 2.24) is 0 Å². The lowest BCUT2D eigenvalue weighted by Gasteiger charge is -1.94. The predicted molar refractivity (Wildman–Crippen MR) is 57.7 cm³/mol. The lowest BCUT2D eigenvalue weighted by Crippen LogP contribution is -1.89. The van der Waals surface area contributed by atoms with E-state index in [4.69, 9.17) is 10.7 Å². The quantitative estimate of drug-likeness (QED) is 0.684. The summed E-state index contributed by atoms with van der Waals surface area (Å²) >= 11 is 0. The molecule has 1 rings (SSSR count). The molecule has 0 bridgehead atoms. The average Bonchev–Trinajstić information content (AvgIpc) is 1.86. The summed E-state index contributed by atoms with van der Waals surface area (Å²) in [5, 5.41) is 0. The highest BCUT2D eigenvalue weighted by Crippen LogP contribution is 2.14. The molecule has 0 aliphatic carbocycles. The lowest BCUT2D eigenvalue weighted by molar-refractivity contribution is 0.609. The molecule has 0 fully saturated rings. The minimum absolute atomic E-state index is 0. The van der Waals surface area contributed by atoms with Crippen molar-refractivity contribution in [2.45, 2.75) is 26.7 Å². The molecule has 0 heterocycles. The Hall–Kier alpha value is -0.540. The Labute approximate surface area is 85.0 Å². The molecule has 0 aromatic heterocycles. The Kier molecular flexibility index (Phi) is 6.04. The smallest absolute Gasteiger partial charge is 0.207 e. The van der Waals surface area contributed by atoms with Crippen molar-refractivity contribution < 1.29 is 8.42 Å². The molecule has 0 N–H and O–H groups in total. The molecule has 0 aliphatic heterocycles. The Morgan fingerprint density at radius 1 is 1.08 bits per heavy atom. The van der Waals surface area contributed by atoms with Gasteiger partial charge >= 0.3 is 0 Å². The molecule has 0 saturated carbocycles. The monoisotopic (exact) mass is 222 g/mol. The van der Waals surface area contributed by atoms with Crippen LogP contribution in [0.15, 0.2) is 29.2 Å². The van der Waals surface area contributed by atoms with Gasteiger partial charge in [-0.1, -0.05) is 32.5 Å². The Bertz CT molecular complexity index is 340. The van der Waals surface area contributed by atoms with Gasteiger partial charge in [0.15, 0.2) is 0 Å². The lowest BCUT2D eigenvalue weighted by atomic mass is 10.2. The van der Waals surface area contributed by atoms with Crippen LogP contribution in [0.25, 0.3) is 0 Å². The van der Waals surface area contributed by atoms with E-state index in [-0.39, 0.29) is 19.7 Å². The maximum absolute atomic E-state index is 10.7. The molecule has 4 heteroatoms. The van der Waals surface area contributed by atoms with Crippen molar-refractivity contribution >= 4 is 19.7 Å². The molecule has 2 nitrogen and oxygen atoms in total. The second-order valence-corrected chi connectivity index (χ2v) is 4.82. The maximum Gasteiger partial charge on any atom is 0.261 e. The summed E-state index contributed by atoms with van der Waals surface area (Å²) in [6.45, 7) is 1.88.